The number of halogens is 2. The van der Waals surface area contributed by atoms with Crippen LogP contribution < -0.4 is 5.32 Å². The second kappa shape index (κ2) is 8.28. The molecular formula is C19H14ClFN2O3S. The summed E-state index contributed by atoms with van der Waals surface area (Å²) in [4.78, 5) is 29.5. The first-order chi connectivity index (χ1) is 12.9. The van der Waals surface area contributed by atoms with Gasteiger partial charge in [0.05, 0.1) is 27.5 Å². The summed E-state index contributed by atoms with van der Waals surface area (Å²) >= 11 is 7.31. The molecule has 0 aliphatic carbocycles. The molecule has 0 spiro atoms. The zero-order valence-corrected chi connectivity index (χ0v) is 15.7. The molecule has 3 aromatic rings. The quantitative estimate of drug-likeness (QED) is 0.625. The predicted molar refractivity (Wildman–Crippen MR) is 103 cm³/mol. The molecule has 1 amide bonds. The van der Waals surface area contributed by atoms with Crippen molar-refractivity contribution in [2.45, 2.75) is 6.92 Å². The summed E-state index contributed by atoms with van der Waals surface area (Å²) in [6.07, 6.45) is 0. The average Bonchev–Trinajstić information content (AvgIpc) is 3.17. The molecule has 0 aliphatic rings. The zero-order valence-electron chi connectivity index (χ0n) is 14.2. The molecule has 0 saturated heterocycles. The fourth-order valence-corrected chi connectivity index (χ4v) is 3.19. The molecule has 0 radical (unpaired) electrons. The van der Waals surface area contributed by atoms with Crippen molar-refractivity contribution in [3.05, 3.63) is 69.9 Å². The van der Waals surface area contributed by atoms with E-state index in [0.717, 1.165) is 16.6 Å². The maximum atomic E-state index is 13.6. The van der Waals surface area contributed by atoms with E-state index in [4.69, 9.17) is 16.3 Å². The van der Waals surface area contributed by atoms with Gasteiger partial charge in [0.1, 0.15) is 5.82 Å². The van der Waals surface area contributed by atoms with Crippen LogP contribution in [0.15, 0.2) is 47.8 Å². The molecular weight excluding hydrogens is 391 g/mol. The van der Waals surface area contributed by atoms with Gasteiger partial charge in [-0.3, -0.25) is 9.78 Å². The molecule has 1 N–H and O–H groups in total. The first-order valence-electron chi connectivity index (χ1n) is 7.87. The lowest BCUT2D eigenvalue weighted by molar-refractivity contribution is -0.119. The van der Waals surface area contributed by atoms with Gasteiger partial charge in [-0.05, 0) is 48.7 Å². The van der Waals surface area contributed by atoms with E-state index in [0.29, 0.717) is 5.69 Å². The Hall–Kier alpha value is -2.77. The summed E-state index contributed by atoms with van der Waals surface area (Å²) in [5, 5.41) is 4.52. The fourth-order valence-electron chi connectivity index (χ4n) is 2.33. The number of hydrogen-bond donors (Lipinski definition) is 1. The highest BCUT2D eigenvalue weighted by Crippen LogP contribution is 2.24. The number of aromatic nitrogens is 1. The lowest BCUT2D eigenvalue weighted by Crippen LogP contribution is -2.22. The van der Waals surface area contributed by atoms with Crippen LogP contribution in [-0.4, -0.2) is 23.5 Å². The first-order valence-corrected chi connectivity index (χ1v) is 9.13. The van der Waals surface area contributed by atoms with Crippen molar-refractivity contribution in [3.63, 3.8) is 0 Å². The second-order valence-electron chi connectivity index (χ2n) is 5.56. The Labute approximate surface area is 163 Å². The molecule has 27 heavy (non-hydrogen) atoms. The number of rotatable bonds is 5. The summed E-state index contributed by atoms with van der Waals surface area (Å²) in [5.74, 6) is -1.99. The minimum atomic E-state index is -0.681. The van der Waals surface area contributed by atoms with Gasteiger partial charge < -0.3 is 10.1 Å². The number of ether oxygens (including phenoxy) is 1. The van der Waals surface area contributed by atoms with E-state index in [1.165, 1.54) is 12.1 Å². The SMILES string of the molecule is Cc1nc(-c2cccs2)ccc1C(=O)OCC(=O)Nc1cc(Cl)ccc1F. The minimum absolute atomic E-state index is 0.0818. The number of amides is 1. The second-order valence-corrected chi connectivity index (χ2v) is 6.94. The van der Waals surface area contributed by atoms with Crippen LogP contribution in [0, 0.1) is 12.7 Å². The summed E-state index contributed by atoms with van der Waals surface area (Å²) in [5.41, 5.74) is 1.43. The first kappa shape index (κ1) is 19.0. The normalized spacial score (nSPS) is 10.5. The molecule has 1 aromatic carbocycles. The average molecular weight is 405 g/mol. The van der Waals surface area contributed by atoms with Gasteiger partial charge in [-0.1, -0.05) is 17.7 Å². The van der Waals surface area contributed by atoms with Gasteiger partial charge in [-0.2, -0.15) is 0 Å². The van der Waals surface area contributed by atoms with Crippen LogP contribution in [0.4, 0.5) is 10.1 Å². The maximum Gasteiger partial charge on any atom is 0.340 e. The Bertz CT molecular complexity index is 993. The third kappa shape index (κ3) is 4.69. The van der Waals surface area contributed by atoms with Crippen LogP contribution in [-0.2, 0) is 9.53 Å². The predicted octanol–water partition coefficient (Wildman–Crippen LogP) is 4.71. The number of carbonyl (C=O) groups is 2. The molecule has 5 nitrogen and oxygen atoms in total. The molecule has 0 aliphatic heterocycles. The number of pyridine rings is 1. The van der Waals surface area contributed by atoms with Crippen LogP contribution in [0.1, 0.15) is 16.1 Å². The Balaban J connectivity index is 1.62. The van der Waals surface area contributed by atoms with Crippen molar-refractivity contribution in [1.29, 1.82) is 0 Å². The molecule has 138 valence electrons. The smallest absolute Gasteiger partial charge is 0.340 e. The largest absolute Gasteiger partial charge is 0.452 e. The molecule has 0 saturated carbocycles. The molecule has 0 atom stereocenters. The van der Waals surface area contributed by atoms with E-state index >= 15 is 0 Å². The van der Waals surface area contributed by atoms with Crippen LogP contribution in [0.5, 0.6) is 0 Å². The minimum Gasteiger partial charge on any atom is -0.452 e. The van der Waals surface area contributed by atoms with E-state index in [1.54, 1.807) is 30.4 Å². The molecule has 2 aromatic heterocycles. The van der Waals surface area contributed by atoms with Crippen LogP contribution in [0.25, 0.3) is 10.6 Å². The van der Waals surface area contributed by atoms with E-state index < -0.39 is 24.3 Å². The number of benzene rings is 1. The molecule has 0 unspecified atom stereocenters. The van der Waals surface area contributed by atoms with Crippen molar-refractivity contribution in [2.24, 2.45) is 0 Å². The number of aryl methyl sites for hydroxylation is 1. The van der Waals surface area contributed by atoms with Crippen LogP contribution >= 0.6 is 22.9 Å². The third-order valence-corrected chi connectivity index (χ3v) is 4.74. The van der Waals surface area contributed by atoms with E-state index in [-0.39, 0.29) is 16.3 Å². The van der Waals surface area contributed by atoms with Gasteiger partial charge in [-0.25, -0.2) is 9.18 Å². The number of carbonyl (C=O) groups excluding carboxylic acids is 2. The summed E-state index contributed by atoms with van der Waals surface area (Å²) in [6, 6.07) is 10.9. The Morgan fingerprint density at radius 3 is 2.78 bits per heavy atom. The lowest BCUT2D eigenvalue weighted by Gasteiger charge is -2.09. The maximum absolute atomic E-state index is 13.6. The summed E-state index contributed by atoms with van der Waals surface area (Å²) in [7, 11) is 0. The fraction of sp³-hybridized carbons (Fsp3) is 0.105. The number of nitrogens with one attached hydrogen (secondary N) is 1. The zero-order chi connectivity index (χ0) is 19.4. The number of anilines is 1. The summed E-state index contributed by atoms with van der Waals surface area (Å²) in [6.45, 7) is 1.13. The number of thiophene rings is 1. The Morgan fingerprint density at radius 1 is 1.26 bits per heavy atom. The van der Waals surface area contributed by atoms with Gasteiger partial charge >= 0.3 is 5.97 Å². The Kier molecular flexibility index (Phi) is 5.83. The van der Waals surface area contributed by atoms with Gasteiger partial charge in [0, 0.05) is 5.02 Å². The number of esters is 1. The van der Waals surface area contributed by atoms with Gasteiger partial charge in [0.2, 0.25) is 0 Å². The highest BCUT2D eigenvalue weighted by atomic mass is 35.5. The van der Waals surface area contributed by atoms with Crippen LogP contribution in [0.3, 0.4) is 0 Å². The standard InChI is InChI=1S/C19H14ClFN2O3S/c1-11-13(5-7-15(22-11)17-3-2-8-27-17)19(25)26-10-18(24)23-16-9-12(20)4-6-14(16)21/h2-9H,10H2,1H3,(H,23,24). The van der Waals surface area contributed by atoms with Crippen molar-refractivity contribution >= 4 is 40.5 Å². The van der Waals surface area contributed by atoms with Crippen LogP contribution in [0.2, 0.25) is 5.02 Å². The van der Waals surface area contributed by atoms with Crippen molar-refractivity contribution < 1.29 is 18.7 Å². The highest BCUT2D eigenvalue weighted by Gasteiger charge is 2.15. The van der Waals surface area contributed by atoms with Gasteiger partial charge in [0.25, 0.3) is 5.91 Å². The van der Waals surface area contributed by atoms with Gasteiger partial charge in [-0.15, -0.1) is 11.3 Å². The lowest BCUT2D eigenvalue weighted by atomic mass is 10.2. The van der Waals surface area contributed by atoms with Crippen molar-refractivity contribution in [1.82, 2.24) is 4.98 Å². The van der Waals surface area contributed by atoms with Crippen molar-refractivity contribution in [3.8, 4) is 10.6 Å². The molecule has 2 heterocycles. The van der Waals surface area contributed by atoms with E-state index in [9.17, 15) is 14.0 Å². The summed E-state index contributed by atoms with van der Waals surface area (Å²) < 4.78 is 18.6. The topological polar surface area (TPSA) is 68.3 Å². The molecule has 8 heteroatoms. The van der Waals surface area contributed by atoms with Gasteiger partial charge in [0.15, 0.2) is 6.61 Å². The molecule has 0 fully saturated rings. The molecule has 3 rings (SSSR count). The number of hydrogen-bond acceptors (Lipinski definition) is 5. The third-order valence-electron chi connectivity index (χ3n) is 3.62. The molecule has 0 bridgehead atoms. The van der Waals surface area contributed by atoms with Crippen molar-refractivity contribution in [2.75, 3.05) is 11.9 Å². The van der Waals surface area contributed by atoms with E-state index in [1.807, 2.05) is 17.5 Å². The monoisotopic (exact) mass is 404 g/mol. The van der Waals surface area contributed by atoms with E-state index in [2.05, 4.69) is 10.3 Å². The Morgan fingerprint density at radius 2 is 2.07 bits per heavy atom. The number of nitrogens with zero attached hydrogens (tertiary/aromatic N) is 1. The highest BCUT2D eigenvalue weighted by molar-refractivity contribution is 7.13.